The lowest BCUT2D eigenvalue weighted by Gasteiger charge is -2.63. The molecule has 2 aliphatic carbocycles. The average Bonchev–Trinajstić information content (AvgIpc) is 2.43. The average molecular weight is 318 g/mol. The summed E-state index contributed by atoms with van der Waals surface area (Å²) >= 11 is 0. The Hall–Kier alpha value is -1.09. The first-order valence-electron chi connectivity index (χ1n) is 8.79. The van der Waals surface area contributed by atoms with Gasteiger partial charge in [-0.2, -0.15) is 0 Å². The van der Waals surface area contributed by atoms with Crippen molar-refractivity contribution in [1.82, 2.24) is 0 Å². The molecule has 1 aliphatic heterocycles. The van der Waals surface area contributed by atoms with Gasteiger partial charge >= 0.3 is 0 Å². The molecular formula is C20H30O3. The minimum absolute atomic E-state index is 0.0601. The van der Waals surface area contributed by atoms with E-state index in [4.69, 9.17) is 4.74 Å². The first kappa shape index (κ1) is 16.8. The number of carbonyl (C=O) groups excluding carboxylic acids is 1. The maximum absolute atomic E-state index is 12.5. The second-order valence-electron chi connectivity index (χ2n) is 9.06. The van der Waals surface area contributed by atoms with Crippen molar-refractivity contribution in [3.05, 3.63) is 24.5 Å². The number of rotatable bonds is 1. The quantitative estimate of drug-likeness (QED) is 0.720. The van der Waals surface area contributed by atoms with Crippen LogP contribution >= 0.6 is 0 Å². The smallest absolute Gasteiger partial charge is 0.202 e. The van der Waals surface area contributed by atoms with Crippen molar-refractivity contribution >= 4 is 5.78 Å². The summed E-state index contributed by atoms with van der Waals surface area (Å²) in [7, 11) is 0. The van der Waals surface area contributed by atoms with Gasteiger partial charge in [-0.15, -0.1) is 6.58 Å². The highest BCUT2D eigenvalue weighted by Crippen LogP contribution is 2.63. The van der Waals surface area contributed by atoms with Gasteiger partial charge in [-0.05, 0) is 62.9 Å². The molecule has 0 spiro atoms. The number of carbonyl (C=O) groups is 1. The van der Waals surface area contributed by atoms with Crippen molar-refractivity contribution < 1.29 is 14.6 Å². The van der Waals surface area contributed by atoms with Gasteiger partial charge in [-0.3, -0.25) is 4.79 Å². The summed E-state index contributed by atoms with van der Waals surface area (Å²) in [5, 5.41) is 10.3. The maximum atomic E-state index is 12.5. The standard InChI is InChI=1S/C20H30O3/c1-7-18(4)10-8-15-19(5)12-13(21)16(22)17(2,3)14(19)9-11-20(15,6)23-18/h7,12,14-15,21H,1,8-11H2,2-6H3. The molecule has 128 valence electrons. The van der Waals surface area contributed by atoms with Gasteiger partial charge in [-0.1, -0.05) is 26.8 Å². The van der Waals surface area contributed by atoms with Crippen LogP contribution in [-0.4, -0.2) is 22.1 Å². The normalized spacial score (nSPS) is 48.9. The van der Waals surface area contributed by atoms with Gasteiger partial charge in [0.25, 0.3) is 0 Å². The SMILES string of the molecule is C=CC1(C)CCC2C(C)(CCC3C(C)(C)C(=O)C(O)=CC23C)O1. The van der Waals surface area contributed by atoms with Crippen LogP contribution in [0.1, 0.15) is 60.3 Å². The number of allylic oxidation sites excluding steroid dienone is 2. The zero-order chi connectivity index (χ0) is 17.3. The van der Waals surface area contributed by atoms with E-state index in [9.17, 15) is 9.90 Å². The zero-order valence-electron chi connectivity index (χ0n) is 15.1. The number of hydrogen-bond donors (Lipinski definition) is 1. The third-order valence-corrected chi connectivity index (χ3v) is 7.13. The summed E-state index contributed by atoms with van der Waals surface area (Å²) in [4.78, 5) is 12.5. The minimum atomic E-state index is -0.520. The molecule has 0 aromatic carbocycles. The highest BCUT2D eigenvalue weighted by atomic mass is 16.5. The van der Waals surface area contributed by atoms with E-state index in [0.29, 0.717) is 5.92 Å². The Balaban J connectivity index is 2.07. The Morgan fingerprint density at radius 1 is 1.17 bits per heavy atom. The molecule has 5 unspecified atom stereocenters. The van der Waals surface area contributed by atoms with E-state index in [1.807, 2.05) is 26.0 Å². The van der Waals surface area contributed by atoms with Crippen LogP contribution in [0.4, 0.5) is 0 Å². The molecule has 0 aromatic rings. The number of aliphatic hydroxyl groups excluding tert-OH is 1. The summed E-state index contributed by atoms with van der Waals surface area (Å²) < 4.78 is 6.55. The number of hydrogen-bond acceptors (Lipinski definition) is 3. The molecule has 3 aliphatic rings. The van der Waals surface area contributed by atoms with Gasteiger partial charge in [0.05, 0.1) is 11.2 Å². The van der Waals surface area contributed by atoms with Gasteiger partial charge in [0, 0.05) is 5.41 Å². The summed E-state index contributed by atoms with van der Waals surface area (Å²) in [6, 6.07) is 0. The first-order chi connectivity index (χ1) is 10.5. The first-order valence-corrected chi connectivity index (χ1v) is 8.79. The predicted molar refractivity (Wildman–Crippen MR) is 91.1 cm³/mol. The topological polar surface area (TPSA) is 46.5 Å². The van der Waals surface area contributed by atoms with E-state index in [-0.39, 0.29) is 34.1 Å². The van der Waals surface area contributed by atoms with Crippen LogP contribution in [0.3, 0.4) is 0 Å². The van der Waals surface area contributed by atoms with Gasteiger partial charge in [0.2, 0.25) is 5.78 Å². The number of ether oxygens (including phenoxy) is 1. The lowest BCUT2D eigenvalue weighted by molar-refractivity contribution is -0.236. The predicted octanol–water partition coefficient (Wildman–Crippen LogP) is 4.58. The van der Waals surface area contributed by atoms with Crippen LogP contribution in [0.2, 0.25) is 0 Å². The molecule has 2 fully saturated rings. The third-order valence-electron chi connectivity index (χ3n) is 7.13. The second-order valence-corrected chi connectivity index (χ2v) is 9.06. The molecule has 23 heavy (non-hydrogen) atoms. The summed E-state index contributed by atoms with van der Waals surface area (Å²) in [6.45, 7) is 14.4. The van der Waals surface area contributed by atoms with Crippen LogP contribution in [0.25, 0.3) is 0 Å². The van der Waals surface area contributed by atoms with E-state index < -0.39 is 5.41 Å². The lowest BCUT2D eigenvalue weighted by Crippen LogP contribution is -2.63. The van der Waals surface area contributed by atoms with Crippen LogP contribution in [0.15, 0.2) is 24.5 Å². The molecular weight excluding hydrogens is 288 g/mol. The van der Waals surface area contributed by atoms with Crippen molar-refractivity contribution in [2.75, 3.05) is 0 Å². The van der Waals surface area contributed by atoms with Gasteiger partial charge in [0.15, 0.2) is 5.76 Å². The van der Waals surface area contributed by atoms with Crippen LogP contribution in [-0.2, 0) is 9.53 Å². The number of Topliss-reactive ketones (excluding diaryl/α,β-unsaturated/α-hetero) is 1. The van der Waals surface area contributed by atoms with Crippen molar-refractivity contribution in [3.8, 4) is 0 Å². The van der Waals surface area contributed by atoms with Crippen LogP contribution in [0, 0.1) is 22.7 Å². The monoisotopic (exact) mass is 318 g/mol. The lowest BCUT2D eigenvalue weighted by atomic mass is 9.46. The Morgan fingerprint density at radius 3 is 2.39 bits per heavy atom. The second kappa shape index (κ2) is 4.72. The van der Waals surface area contributed by atoms with Crippen LogP contribution < -0.4 is 0 Å². The third kappa shape index (κ3) is 2.15. The Morgan fingerprint density at radius 2 is 1.78 bits per heavy atom. The van der Waals surface area contributed by atoms with Crippen molar-refractivity contribution in [1.29, 1.82) is 0 Å². The van der Waals surface area contributed by atoms with Gasteiger partial charge in [0.1, 0.15) is 0 Å². The Kier molecular flexibility index (Phi) is 3.44. The molecule has 0 aromatic heterocycles. The molecule has 3 nitrogen and oxygen atoms in total. The summed E-state index contributed by atoms with van der Waals surface area (Å²) in [5.74, 6) is 0.371. The van der Waals surface area contributed by atoms with E-state index in [0.717, 1.165) is 25.7 Å². The summed E-state index contributed by atoms with van der Waals surface area (Å²) in [5.41, 5.74) is -1.25. The fourth-order valence-corrected chi connectivity index (χ4v) is 5.90. The minimum Gasteiger partial charge on any atom is -0.505 e. The summed E-state index contributed by atoms with van der Waals surface area (Å²) in [6.07, 6.45) is 7.62. The molecule has 3 rings (SSSR count). The molecule has 1 saturated heterocycles. The molecule has 0 amide bonds. The Labute approximate surface area is 139 Å². The molecule has 1 saturated carbocycles. The number of ketones is 1. The van der Waals surface area contributed by atoms with E-state index in [1.165, 1.54) is 0 Å². The molecule has 1 heterocycles. The van der Waals surface area contributed by atoms with E-state index >= 15 is 0 Å². The fraction of sp³-hybridized carbons (Fsp3) is 0.750. The fourth-order valence-electron chi connectivity index (χ4n) is 5.90. The highest BCUT2D eigenvalue weighted by molar-refractivity contribution is 5.98. The molecule has 3 heteroatoms. The number of fused-ring (bicyclic) bond motifs is 3. The van der Waals surface area contributed by atoms with Gasteiger partial charge < -0.3 is 9.84 Å². The van der Waals surface area contributed by atoms with Crippen molar-refractivity contribution in [2.45, 2.75) is 71.5 Å². The van der Waals surface area contributed by atoms with Crippen LogP contribution in [0.5, 0.6) is 0 Å². The zero-order valence-corrected chi connectivity index (χ0v) is 15.1. The van der Waals surface area contributed by atoms with Crippen molar-refractivity contribution in [3.63, 3.8) is 0 Å². The molecule has 5 atom stereocenters. The molecule has 0 radical (unpaired) electrons. The molecule has 1 N–H and O–H groups in total. The highest BCUT2D eigenvalue weighted by Gasteiger charge is 2.63. The van der Waals surface area contributed by atoms with Gasteiger partial charge in [-0.25, -0.2) is 0 Å². The van der Waals surface area contributed by atoms with E-state index in [1.54, 1.807) is 0 Å². The number of aliphatic hydroxyl groups is 1. The Bertz CT molecular complexity index is 590. The molecule has 0 bridgehead atoms. The maximum Gasteiger partial charge on any atom is 0.202 e. The largest absolute Gasteiger partial charge is 0.505 e. The van der Waals surface area contributed by atoms with E-state index in [2.05, 4.69) is 27.4 Å². The van der Waals surface area contributed by atoms with Crippen molar-refractivity contribution in [2.24, 2.45) is 22.7 Å².